The number of fused-ring (bicyclic) bond motifs is 1. The number of hydrogen-bond donors (Lipinski definition) is 0. The fourth-order valence-electron chi connectivity index (χ4n) is 4.21. The monoisotopic (exact) mass is 462 g/mol. The van der Waals surface area contributed by atoms with E-state index in [9.17, 15) is 13.2 Å². The summed E-state index contributed by atoms with van der Waals surface area (Å²) in [7, 11) is 0. The van der Waals surface area contributed by atoms with Gasteiger partial charge < -0.3 is 0 Å². The van der Waals surface area contributed by atoms with Gasteiger partial charge in [-0.1, -0.05) is 54.6 Å². The largest absolute Gasteiger partial charge is 0.207 e. The quantitative estimate of drug-likeness (QED) is 0.174. The third-order valence-corrected chi connectivity index (χ3v) is 6.20. The lowest BCUT2D eigenvalue weighted by atomic mass is 9.97. The fraction of sp³-hybridized carbons (Fsp3) is 0.200. The third-order valence-electron chi connectivity index (χ3n) is 6.20. The Bertz CT molecular complexity index is 1320. The standard InChI is InChI=1S/C30H26F4/c1-2-3-4-20-5-10-23(28(32)18-20)11-6-21-8-15-26-25(17-21)14-13-24(30(26)34)12-7-22-9-16-27(31)29(33)19-22/h2,5,8-10,13-19H,1,3-4,6-7,11-12H2. The molecule has 0 spiro atoms. The summed E-state index contributed by atoms with van der Waals surface area (Å²) in [5.41, 5.74) is 3.79. The Morgan fingerprint density at radius 2 is 1.18 bits per heavy atom. The zero-order valence-corrected chi connectivity index (χ0v) is 18.9. The Balaban J connectivity index is 1.44. The molecule has 0 aliphatic rings. The molecule has 0 N–H and O–H groups in total. The van der Waals surface area contributed by atoms with Crippen LogP contribution in [0.25, 0.3) is 10.8 Å². The molecule has 0 saturated carbocycles. The highest BCUT2D eigenvalue weighted by Crippen LogP contribution is 2.25. The van der Waals surface area contributed by atoms with Crippen LogP contribution >= 0.6 is 0 Å². The first kappa shape index (κ1) is 23.7. The van der Waals surface area contributed by atoms with Crippen LogP contribution in [0.1, 0.15) is 34.2 Å². The number of allylic oxidation sites excluding steroid dienone is 1. The Morgan fingerprint density at radius 1 is 0.559 bits per heavy atom. The number of aryl methyl sites for hydroxylation is 5. The van der Waals surface area contributed by atoms with Crippen molar-refractivity contribution in [1.29, 1.82) is 0 Å². The molecule has 0 unspecified atom stereocenters. The van der Waals surface area contributed by atoms with E-state index in [1.807, 2.05) is 36.4 Å². The van der Waals surface area contributed by atoms with Crippen LogP contribution in [0.4, 0.5) is 17.6 Å². The molecule has 4 heteroatoms. The van der Waals surface area contributed by atoms with Crippen molar-refractivity contribution >= 4 is 10.8 Å². The average molecular weight is 463 g/mol. The van der Waals surface area contributed by atoms with Gasteiger partial charge in [-0.05, 0) is 89.9 Å². The summed E-state index contributed by atoms with van der Waals surface area (Å²) in [4.78, 5) is 0. The molecule has 174 valence electrons. The molecule has 0 bridgehead atoms. The lowest BCUT2D eigenvalue weighted by molar-refractivity contribution is 0.507. The van der Waals surface area contributed by atoms with Gasteiger partial charge >= 0.3 is 0 Å². The van der Waals surface area contributed by atoms with E-state index in [0.717, 1.165) is 41.5 Å². The van der Waals surface area contributed by atoms with Gasteiger partial charge in [-0.2, -0.15) is 0 Å². The second kappa shape index (κ2) is 10.7. The zero-order chi connectivity index (χ0) is 24.1. The van der Waals surface area contributed by atoms with Crippen LogP contribution in [0.2, 0.25) is 0 Å². The number of halogens is 4. The predicted molar refractivity (Wildman–Crippen MR) is 130 cm³/mol. The molecule has 0 fully saturated rings. The van der Waals surface area contributed by atoms with E-state index >= 15 is 4.39 Å². The second-order valence-electron chi connectivity index (χ2n) is 8.60. The Hall–Kier alpha value is -3.40. The van der Waals surface area contributed by atoms with Gasteiger partial charge in [-0.3, -0.25) is 0 Å². The van der Waals surface area contributed by atoms with Crippen molar-refractivity contribution in [3.63, 3.8) is 0 Å². The summed E-state index contributed by atoms with van der Waals surface area (Å²) in [5.74, 6) is -2.28. The molecular weight excluding hydrogens is 436 g/mol. The molecule has 4 aromatic rings. The van der Waals surface area contributed by atoms with Crippen LogP contribution in [0.3, 0.4) is 0 Å². The molecule has 0 saturated heterocycles. The van der Waals surface area contributed by atoms with E-state index in [-0.39, 0.29) is 11.6 Å². The lowest BCUT2D eigenvalue weighted by Gasteiger charge is -2.10. The van der Waals surface area contributed by atoms with Gasteiger partial charge in [0.25, 0.3) is 0 Å². The topological polar surface area (TPSA) is 0 Å². The summed E-state index contributed by atoms with van der Waals surface area (Å²) in [6.45, 7) is 3.70. The minimum absolute atomic E-state index is 0.195. The molecule has 0 aliphatic carbocycles. The molecule has 0 nitrogen and oxygen atoms in total. The van der Waals surface area contributed by atoms with Crippen molar-refractivity contribution in [3.05, 3.63) is 130 Å². The van der Waals surface area contributed by atoms with Crippen molar-refractivity contribution in [2.45, 2.75) is 38.5 Å². The van der Waals surface area contributed by atoms with Crippen LogP contribution in [0.5, 0.6) is 0 Å². The highest BCUT2D eigenvalue weighted by atomic mass is 19.2. The molecule has 4 rings (SSSR count). The van der Waals surface area contributed by atoms with Crippen molar-refractivity contribution < 1.29 is 17.6 Å². The average Bonchev–Trinajstić information content (AvgIpc) is 2.83. The summed E-state index contributed by atoms with van der Waals surface area (Å²) >= 11 is 0. The maximum atomic E-state index is 15.1. The molecule has 0 atom stereocenters. The van der Waals surface area contributed by atoms with Gasteiger partial charge in [0, 0.05) is 5.39 Å². The Morgan fingerprint density at radius 3 is 1.91 bits per heavy atom. The van der Waals surface area contributed by atoms with Gasteiger partial charge in [-0.25, -0.2) is 17.6 Å². The Labute approximate surface area is 197 Å². The van der Waals surface area contributed by atoms with Crippen LogP contribution in [0.15, 0.2) is 79.4 Å². The Kier molecular flexibility index (Phi) is 7.46. The lowest BCUT2D eigenvalue weighted by Crippen LogP contribution is -1.99. The van der Waals surface area contributed by atoms with Crippen LogP contribution in [0, 0.1) is 23.3 Å². The SMILES string of the molecule is C=CCCc1ccc(CCc2ccc3c(F)c(CCc4ccc(F)c(F)c4)ccc3c2)c(F)c1. The van der Waals surface area contributed by atoms with Crippen LogP contribution in [-0.2, 0) is 32.1 Å². The van der Waals surface area contributed by atoms with Crippen molar-refractivity contribution in [2.24, 2.45) is 0 Å². The normalized spacial score (nSPS) is 11.2. The summed E-state index contributed by atoms with van der Waals surface area (Å²) in [5, 5.41) is 1.30. The van der Waals surface area contributed by atoms with Gasteiger partial charge in [0.05, 0.1) is 0 Å². The van der Waals surface area contributed by atoms with E-state index in [1.54, 1.807) is 18.2 Å². The summed E-state index contributed by atoms with van der Waals surface area (Å²) in [6, 6.07) is 18.3. The number of rotatable bonds is 9. The minimum Gasteiger partial charge on any atom is -0.207 e. The van der Waals surface area contributed by atoms with Gasteiger partial charge in [0.1, 0.15) is 11.6 Å². The van der Waals surface area contributed by atoms with Crippen molar-refractivity contribution in [3.8, 4) is 0 Å². The van der Waals surface area contributed by atoms with E-state index in [1.165, 1.54) is 6.07 Å². The number of hydrogen-bond acceptors (Lipinski definition) is 0. The number of benzene rings is 4. The van der Waals surface area contributed by atoms with Gasteiger partial charge in [-0.15, -0.1) is 6.58 Å². The first-order valence-electron chi connectivity index (χ1n) is 11.5. The molecule has 0 amide bonds. The first-order chi connectivity index (χ1) is 16.4. The summed E-state index contributed by atoms with van der Waals surface area (Å²) in [6.07, 6.45) is 5.43. The highest BCUT2D eigenvalue weighted by Gasteiger charge is 2.10. The molecule has 34 heavy (non-hydrogen) atoms. The first-order valence-corrected chi connectivity index (χ1v) is 11.5. The fourth-order valence-corrected chi connectivity index (χ4v) is 4.21. The zero-order valence-electron chi connectivity index (χ0n) is 18.9. The van der Waals surface area contributed by atoms with E-state index in [2.05, 4.69) is 6.58 Å². The highest BCUT2D eigenvalue weighted by molar-refractivity contribution is 5.84. The van der Waals surface area contributed by atoms with E-state index in [4.69, 9.17) is 0 Å². The van der Waals surface area contributed by atoms with Crippen molar-refractivity contribution in [1.82, 2.24) is 0 Å². The molecule has 0 heterocycles. The second-order valence-corrected chi connectivity index (χ2v) is 8.60. The molecule has 0 radical (unpaired) electrons. The van der Waals surface area contributed by atoms with Gasteiger partial charge in [0.2, 0.25) is 0 Å². The molecule has 4 aromatic carbocycles. The van der Waals surface area contributed by atoms with Crippen LogP contribution in [-0.4, -0.2) is 0 Å². The smallest absolute Gasteiger partial charge is 0.159 e. The van der Waals surface area contributed by atoms with Crippen LogP contribution < -0.4 is 0 Å². The molecular formula is C30H26F4. The van der Waals surface area contributed by atoms with E-state index in [0.29, 0.717) is 47.8 Å². The summed E-state index contributed by atoms with van der Waals surface area (Å²) < 4.78 is 56.1. The maximum absolute atomic E-state index is 15.1. The molecule has 0 aliphatic heterocycles. The van der Waals surface area contributed by atoms with Crippen molar-refractivity contribution in [2.75, 3.05) is 0 Å². The van der Waals surface area contributed by atoms with E-state index < -0.39 is 11.6 Å². The minimum atomic E-state index is -0.896. The van der Waals surface area contributed by atoms with Gasteiger partial charge in [0.15, 0.2) is 11.6 Å². The molecule has 0 aromatic heterocycles. The maximum Gasteiger partial charge on any atom is 0.159 e. The predicted octanol–water partition coefficient (Wildman–Crippen LogP) is 8.09. The third kappa shape index (κ3) is 5.56.